The Balaban J connectivity index is 0.00000231. The van der Waals surface area contributed by atoms with Gasteiger partial charge < -0.3 is 19.9 Å². The van der Waals surface area contributed by atoms with Crippen LogP contribution in [0, 0.1) is 5.92 Å². The van der Waals surface area contributed by atoms with E-state index in [0.29, 0.717) is 11.6 Å². The molecule has 1 unspecified atom stereocenters. The average Bonchev–Trinajstić information content (AvgIpc) is 3.13. The fourth-order valence-electron chi connectivity index (χ4n) is 5.31. The summed E-state index contributed by atoms with van der Waals surface area (Å²) in [5.41, 5.74) is 3.73. The van der Waals surface area contributed by atoms with Crippen molar-refractivity contribution in [3.05, 3.63) is 71.4 Å². The SMILES string of the molecule is O=C(O)c1cccc2c1c(CCNC1CN3CCC1CC3)cn2Cc1ccccc1.[LiH]. The van der Waals surface area contributed by atoms with E-state index >= 15 is 0 Å². The Morgan fingerprint density at radius 1 is 1.06 bits per heavy atom. The second kappa shape index (κ2) is 9.63. The van der Waals surface area contributed by atoms with Gasteiger partial charge >= 0.3 is 24.8 Å². The maximum absolute atomic E-state index is 11.9. The summed E-state index contributed by atoms with van der Waals surface area (Å²) >= 11 is 0. The average molecular weight is 411 g/mol. The van der Waals surface area contributed by atoms with Crippen LogP contribution in [-0.4, -0.2) is 71.6 Å². The van der Waals surface area contributed by atoms with E-state index in [2.05, 4.69) is 33.1 Å². The van der Waals surface area contributed by atoms with Crippen LogP contribution in [0.15, 0.2) is 54.7 Å². The summed E-state index contributed by atoms with van der Waals surface area (Å²) in [6.07, 6.45) is 5.60. The number of aromatic carboxylic acids is 1. The normalized spacial score (nSPS) is 22.4. The van der Waals surface area contributed by atoms with Crippen LogP contribution in [0.2, 0.25) is 0 Å². The monoisotopic (exact) mass is 411 g/mol. The van der Waals surface area contributed by atoms with Crippen molar-refractivity contribution in [3.8, 4) is 0 Å². The second-order valence-corrected chi connectivity index (χ2v) is 8.72. The van der Waals surface area contributed by atoms with Gasteiger partial charge in [0.1, 0.15) is 0 Å². The van der Waals surface area contributed by atoms with Crippen molar-refractivity contribution in [3.63, 3.8) is 0 Å². The Hall–Kier alpha value is -2.03. The topological polar surface area (TPSA) is 57.5 Å². The number of nitrogens with one attached hydrogen (secondary N) is 1. The molecule has 2 N–H and O–H groups in total. The number of piperidine rings is 3. The molecule has 6 rings (SSSR count). The van der Waals surface area contributed by atoms with Crippen molar-refractivity contribution in [2.75, 3.05) is 26.2 Å². The molecule has 31 heavy (non-hydrogen) atoms. The number of hydrogen-bond donors (Lipinski definition) is 2. The number of fused-ring (bicyclic) bond motifs is 4. The van der Waals surface area contributed by atoms with Crippen molar-refractivity contribution < 1.29 is 9.90 Å². The van der Waals surface area contributed by atoms with Gasteiger partial charge in [0.2, 0.25) is 0 Å². The quantitative estimate of drug-likeness (QED) is 0.587. The Labute approximate surface area is 195 Å². The first-order valence-electron chi connectivity index (χ1n) is 11.0. The van der Waals surface area contributed by atoms with E-state index in [1.807, 2.05) is 30.3 Å². The van der Waals surface area contributed by atoms with Crippen molar-refractivity contribution in [1.82, 2.24) is 14.8 Å². The van der Waals surface area contributed by atoms with Crippen LogP contribution in [0.25, 0.3) is 10.9 Å². The number of nitrogens with zero attached hydrogens (tertiary/aromatic N) is 2. The zero-order valence-electron chi connectivity index (χ0n) is 17.3. The number of carboxylic acids is 1. The van der Waals surface area contributed by atoms with Gasteiger partial charge in [0, 0.05) is 36.2 Å². The standard InChI is InChI=1S/C25H29N3O2.Li.H/c29-25(30)21-7-4-8-23-24(21)20(16-28(23)15-18-5-2-1-3-6-18)9-12-26-22-17-27-13-10-19(22)11-14-27;;/h1-8,16,19,22,26H,9-15,17H2,(H,29,30);;. The van der Waals surface area contributed by atoms with Crippen molar-refractivity contribution >= 4 is 35.7 Å². The molecule has 3 aliphatic rings. The number of carboxylic acid groups (broad SMARTS) is 1. The molecule has 0 amide bonds. The van der Waals surface area contributed by atoms with Gasteiger partial charge in [-0.15, -0.1) is 0 Å². The van der Waals surface area contributed by atoms with Crippen LogP contribution in [0.1, 0.15) is 34.3 Å². The molecule has 1 aromatic heterocycles. The van der Waals surface area contributed by atoms with Crippen molar-refractivity contribution in [2.24, 2.45) is 5.92 Å². The van der Waals surface area contributed by atoms with Crippen LogP contribution in [-0.2, 0) is 13.0 Å². The van der Waals surface area contributed by atoms with Gasteiger partial charge in [0.15, 0.2) is 0 Å². The third kappa shape index (κ3) is 4.61. The molecule has 5 nitrogen and oxygen atoms in total. The van der Waals surface area contributed by atoms with E-state index in [1.165, 1.54) is 31.5 Å². The van der Waals surface area contributed by atoms with E-state index in [4.69, 9.17) is 0 Å². The molecule has 4 heterocycles. The van der Waals surface area contributed by atoms with Gasteiger partial charge in [0.05, 0.1) is 5.56 Å². The first kappa shape index (κ1) is 22.2. The van der Waals surface area contributed by atoms with Gasteiger partial charge in [0.25, 0.3) is 0 Å². The van der Waals surface area contributed by atoms with E-state index in [9.17, 15) is 9.90 Å². The number of hydrogen-bond acceptors (Lipinski definition) is 3. The number of carbonyl (C=O) groups is 1. The molecule has 6 heteroatoms. The van der Waals surface area contributed by atoms with Crippen LogP contribution in [0.3, 0.4) is 0 Å². The second-order valence-electron chi connectivity index (χ2n) is 8.72. The summed E-state index contributed by atoms with van der Waals surface area (Å²) in [5, 5.41) is 14.4. The zero-order valence-corrected chi connectivity index (χ0v) is 17.3. The minimum atomic E-state index is -0.857. The van der Waals surface area contributed by atoms with Crippen molar-refractivity contribution in [2.45, 2.75) is 31.8 Å². The molecule has 3 saturated heterocycles. The number of benzene rings is 2. The molecular formula is C25H30LiN3O2. The fourth-order valence-corrected chi connectivity index (χ4v) is 5.31. The Morgan fingerprint density at radius 3 is 2.52 bits per heavy atom. The molecule has 158 valence electrons. The predicted molar refractivity (Wildman–Crippen MR) is 126 cm³/mol. The molecule has 3 aromatic rings. The summed E-state index contributed by atoms with van der Waals surface area (Å²) in [5.74, 6) is -0.0614. The Kier molecular flexibility index (Phi) is 6.88. The summed E-state index contributed by atoms with van der Waals surface area (Å²) in [6.45, 7) is 5.28. The van der Waals surface area contributed by atoms with E-state index in [0.717, 1.165) is 48.4 Å². The molecule has 0 spiro atoms. The Bertz CT molecular complexity index is 1040. The first-order valence-corrected chi connectivity index (χ1v) is 11.0. The molecule has 0 aliphatic carbocycles. The third-order valence-corrected chi connectivity index (χ3v) is 6.87. The van der Waals surface area contributed by atoms with E-state index in [1.54, 1.807) is 6.07 Å². The fraction of sp³-hybridized carbons (Fsp3) is 0.400. The molecule has 0 saturated carbocycles. The molecule has 1 atom stereocenters. The minimum absolute atomic E-state index is 0. The maximum atomic E-state index is 11.9. The van der Waals surface area contributed by atoms with Crippen LogP contribution >= 0.6 is 0 Å². The third-order valence-electron chi connectivity index (χ3n) is 6.87. The first-order chi connectivity index (χ1) is 14.7. The molecule has 2 bridgehead atoms. The van der Waals surface area contributed by atoms with E-state index < -0.39 is 5.97 Å². The van der Waals surface area contributed by atoms with Crippen LogP contribution < -0.4 is 5.32 Å². The number of rotatable bonds is 7. The van der Waals surface area contributed by atoms with Gasteiger partial charge in [-0.25, -0.2) is 4.79 Å². The molecule has 0 radical (unpaired) electrons. The molecular weight excluding hydrogens is 381 g/mol. The molecule has 3 fully saturated rings. The number of aromatic nitrogens is 1. The molecule has 2 aromatic carbocycles. The predicted octanol–water partition coefficient (Wildman–Crippen LogP) is 2.97. The van der Waals surface area contributed by atoms with Crippen LogP contribution in [0.5, 0.6) is 0 Å². The van der Waals surface area contributed by atoms with E-state index in [-0.39, 0.29) is 18.9 Å². The summed E-state index contributed by atoms with van der Waals surface area (Å²) in [6, 6.07) is 16.5. The van der Waals surface area contributed by atoms with Gasteiger partial charge in [-0.2, -0.15) is 0 Å². The molecule has 3 aliphatic heterocycles. The van der Waals surface area contributed by atoms with Crippen LogP contribution in [0.4, 0.5) is 0 Å². The van der Waals surface area contributed by atoms with Gasteiger partial charge in [-0.05, 0) is 68.1 Å². The summed E-state index contributed by atoms with van der Waals surface area (Å²) in [4.78, 5) is 14.5. The van der Waals surface area contributed by atoms with Gasteiger partial charge in [-0.1, -0.05) is 36.4 Å². The van der Waals surface area contributed by atoms with Gasteiger partial charge in [-0.3, -0.25) is 0 Å². The summed E-state index contributed by atoms with van der Waals surface area (Å²) < 4.78 is 2.20. The van der Waals surface area contributed by atoms with Crippen molar-refractivity contribution in [1.29, 1.82) is 0 Å². The summed E-state index contributed by atoms with van der Waals surface area (Å²) in [7, 11) is 0. The zero-order chi connectivity index (χ0) is 20.5. The Morgan fingerprint density at radius 2 is 1.84 bits per heavy atom.